The molecule has 0 bridgehead atoms. The van der Waals surface area contributed by atoms with E-state index in [1.54, 1.807) is 0 Å². The molecule has 7 N–H and O–H groups in total. The number of hydrogen-bond acceptors (Lipinski definition) is 7. The lowest BCUT2D eigenvalue weighted by atomic mass is 9.52. The van der Waals surface area contributed by atoms with Gasteiger partial charge in [-0.15, -0.1) is 0 Å². The molecular weight excluding hydrogens is 563 g/mol. The third-order valence-electron chi connectivity index (χ3n) is 10.7. The minimum atomic E-state index is -2.62. The van der Waals surface area contributed by atoms with Crippen LogP contribution in [0.5, 0.6) is 0 Å². The second-order valence-corrected chi connectivity index (χ2v) is 17.9. The Hall–Kier alpha value is -0.890. The molecule has 2 atom stereocenters. The van der Waals surface area contributed by atoms with Crippen LogP contribution in [0.15, 0.2) is 46.6 Å². The Kier molecular flexibility index (Phi) is 12.2. The Labute approximate surface area is 263 Å². The highest BCUT2D eigenvalue weighted by molar-refractivity contribution is 7.38. The van der Waals surface area contributed by atoms with Gasteiger partial charge in [-0.3, -0.25) is 0 Å². The standard InChI is InChI=1S/C35H60O4.H3O3P/c1-28(2,3)26-19-32(13,30(7,8)9)17-15-24(26)35(39,34(21-36,22-37)23-38)25-16-18-33(14,31(10,11)12)20-27(25)29(4,5)6;1-4(2)3/h15-18,36-39H,19-23H2,1-14H3;1-3H. The highest BCUT2D eigenvalue weighted by Crippen LogP contribution is 2.59. The summed E-state index contributed by atoms with van der Waals surface area (Å²) in [7, 11) is -2.62. The monoisotopic (exact) mass is 626 g/mol. The predicted molar refractivity (Wildman–Crippen MR) is 178 cm³/mol. The lowest BCUT2D eigenvalue weighted by Gasteiger charge is -2.54. The van der Waals surface area contributed by atoms with Crippen molar-refractivity contribution in [1.29, 1.82) is 0 Å². The molecule has 8 heteroatoms. The Bertz CT molecular complexity index is 1020. The van der Waals surface area contributed by atoms with Crippen LogP contribution in [0.25, 0.3) is 0 Å². The molecule has 2 unspecified atom stereocenters. The molecule has 0 heterocycles. The van der Waals surface area contributed by atoms with E-state index in [-0.39, 0.29) is 32.5 Å². The predicted octanol–water partition coefficient (Wildman–Crippen LogP) is 6.58. The molecule has 0 saturated carbocycles. The molecule has 250 valence electrons. The van der Waals surface area contributed by atoms with E-state index >= 15 is 0 Å². The zero-order valence-corrected chi connectivity index (χ0v) is 30.3. The van der Waals surface area contributed by atoms with E-state index in [4.69, 9.17) is 14.7 Å². The number of aliphatic hydroxyl groups excluding tert-OH is 3. The van der Waals surface area contributed by atoms with E-state index in [0.29, 0.717) is 11.1 Å². The average molecular weight is 627 g/mol. The van der Waals surface area contributed by atoms with Gasteiger partial charge in [-0.05, 0) is 56.5 Å². The fourth-order valence-electron chi connectivity index (χ4n) is 6.03. The van der Waals surface area contributed by atoms with Crippen LogP contribution in [-0.4, -0.2) is 60.5 Å². The average Bonchev–Trinajstić information content (AvgIpc) is 2.82. The SMILES string of the molecule is CC(C)(C)C1=C(C(O)(C2=C(C(C)(C)C)CC(C)(C(C)(C)C)C=C2)C(CO)(CO)CO)C=CC(C)(C(C)(C)C)C1.OP(O)O. The number of rotatable bonds is 6. The third-order valence-corrected chi connectivity index (χ3v) is 10.7. The van der Waals surface area contributed by atoms with Crippen LogP contribution in [0.2, 0.25) is 0 Å². The van der Waals surface area contributed by atoms with Crippen LogP contribution in [-0.2, 0) is 0 Å². The Balaban J connectivity index is 0.00000217. The number of aliphatic hydroxyl groups is 4. The van der Waals surface area contributed by atoms with Crippen LogP contribution in [0.1, 0.15) is 110 Å². The summed E-state index contributed by atoms with van der Waals surface area (Å²) in [5.41, 5.74) is -0.826. The summed E-state index contributed by atoms with van der Waals surface area (Å²) in [6, 6.07) is 0. The first kappa shape index (κ1) is 40.1. The molecule has 2 aliphatic carbocycles. The molecule has 0 amide bonds. The second-order valence-electron chi connectivity index (χ2n) is 17.4. The van der Waals surface area contributed by atoms with Gasteiger partial charge < -0.3 is 35.1 Å². The minimum absolute atomic E-state index is 0.0270. The van der Waals surface area contributed by atoms with E-state index in [1.807, 2.05) is 12.2 Å². The van der Waals surface area contributed by atoms with Crippen LogP contribution in [0.3, 0.4) is 0 Å². The van der Waals surface area contributed by atoms with Crippen molar-refractivity contribution >= 4 is 8.60 Å². The molecule has 0 spiro atoms. The first-order valence-corrected chi connectivity index (χ1v) is 16.5. The van der Waals surface area contributed by atoms with E-state index in [2.05, 4.69) is 109 Å². The van der Waals surface area contributed by atoms with Gasteiger partial charge in [0.15, 0.2) is 0 Å². The van der Waals surface area contributed by atoms with Crippen LogP contribution in [0.4, 0.5) is 0 Å². The summed E-state index contributed by atoms with van der Waals surface area (Å²) in [6.45, 7) is 29.3. The van der Waals surface area contributed by atoms with Crippen LogP contribution in [0, 0.1) is 37.9 Å². The molecule has 0 fully saturated rings. The van der Waals surface area contributed by atoms with Crippen molar-refractivity contribution in [2.75, 3.05) is 19.8 Å². The molecule has 0 aromatic rings. The molecular formula is C35H63O7P. The van der Waals surface area contributed by atoms with Crippen molar-refractivity contribution in [2.24, 2.45) is 37.9 Å². The molecule has 0 aromatic heterocycles. The van der Waals surface area contributed by atoms with E-state index in [9.17, 15) is 20.4 Å². The fraction of sp³-hybridized carbons (Fsp3) is 0.771. The maximum absolute atomic E-state index is 13.3. The maximum Gasteiger partial charge on any atom is 0.324 e. The molecule has 7 nitrogen and oxygen atoms in total. The third kappa shape index (κ3) is 7.92. The van der Waals surface area contributed by atoms with Crippen LogP contribution < -0.4 is 0 Å². The summed E-state index contributed by atoms with van der Waals surface area (Å²) < 4.78 is 0. The lowest BCUT2D eigenvalue weighted by Crippen LogP contribution is -2.59. The molecule has 2 rings (SSSR count). The topological polar surface area (TPSA) is 142 Å². The van der Waals surface area contributed by atoms with Gasteiger partial charge in [0.2, 0.25) is 0 Å². The van der Waals surface area contributed by atoms with Gasteiger partial charge in [-0.25, -0.2) is 0 Å². The summed E-state index contributed by atoms with van der Waals surface area (Å²) in [4.78, 5) is 21.7. The van der Waals surface area contributed by atoms with Crippen molar-refractivity contribution in [3.05, 3.63) is 46.6 Å². The zero-order valence-electron chi connectivity index (χ0n) is 29.4. The lowest BCUT2D eigenvalue weighted by molar-refractivity contribution is -0.113. The summed E-state index contributed by atoms with van der Waals surface area (Å²) in [5, 5.41) is 45.8. The van der Waals surface area contributed by atoms with Gasteiger partial charge in [0.25, 0.3) is 0 Å². The largest absolute Gasteiger partial charge is 0.395 e. The Morgan fingerprint density at radius 1 is 0.605 bits per heavy atom. The highest BCUT2D eigenvalue weighted by atomic mass is 31.2. The molecule has 0 aliphatic heterocycles. The Morgan fingerprint density at radius 2 is 0.860 bits per heavy atom. The second kappa shape index (κ2) is 13.1. The quantitative estimate of drug-likeness (QED) is 0.165. The minimum Gasteiger partial charge on any atom is -0.395 e. The first-order valence-electron chi connectivity index (χ1n) is 15.3. The normalized spacial score (nSPS) is 25.6. The molecule has 0 saturated heterocycles. The molecule has 43 heavy (non-hydrogen) atoms. The van der Waals surface area contributed by atoms with Gasteiger partial charge in [0.1, 0.15) is 5.60 Å². The van der Waals surface area contributed by atoms with Crippen molar-refractivity contribution < 1.29 is 35.1 Å². The first-order chi connectivity index (χ1) is 19.0. The van der Waals surface area contributed by atoms with Crippen molar-refractivity contribution in [3.8, 4) is 0 Å². The van der Waals surface area contributed by atoms with Gasteiger partial charge in [-0.2, -0.15) is 0 Å². The molecule has 0 radical (unpaired) electrons. The van der Waals surface area contributed by atoms with Gasteiger partial charge in [0, 0.05) is 0 Å². The van der Waals surface area contributed by atoms with Gasteiger partial charge >= 0.3 is 8.60 Å². The molecule has 2 aliphatic rings. The van der Waals surface area contributed by atoms with Crippen molar-refractivity contribution in [2.45, 2.75) is 115 Å². The molecule has 0 aromatic carbocycles. The highest BCUT2D eigenvalue weighted by Gasteiger charge is 2.58. The van der Waals surface area contributed by atoms with E-state index in [1.165, 1.54) is 0 Å². The Morgan fingerprint density at radius 3 is 1.05 bits per heavy atom. The zero-order chi connectivity index (χ0) is 34.3. The van der Waals surface area contributed by atoms with Crippen LogP contribution >= 0.6 is 8.60 Å². The maximum atomic E-state index is 13.3. The fourth-order valence-corrected chi connectivity index (χ4v) is 6.03. The van der Waals surface area contributed by atoms with E-state index in [0.717, 1.165) is 24.0 Å². The summed E-state index contributed by atoms with van der Waals surface area (Å²) in [6.07, 6.45) is 9.92. The van der Waals surface area contributed by atoms with Gasteiger partial charge in [0.05, 0.1) is 25.2 Å². The van der Waals surface area contributed by atoms with Crippen molar-refractivity contribution in [3.63, 3.8) is 0 Å². The smallest absolute Gasteiger partial charge is 0.324 e. The summed E-state index contributed by atoms with van der Waals surface area (Å²) in [5.74, 6) is 0. The van der Waals surface area contributed by atoms with Crippen molar-refractivity contribution in [1.82, 2.24) is 0 Å². The summed E-state index contributed by atoms with van der Waals surface area (Å²) >= 11 is 0. The number of allylic oxidation sites excluding steroid dienone is 4. The number of hydrogen-bond donors (Lipinski definition) is 7. The van der Waals surface area contributed by atoms with Gasteiger partial charge in [-0.1, -0.05) is 132 Å². The van der Waals surface area contributed by atoms with E-state index < -0.39 is 39.4 Å².